The highest BCUT2D eigenvalue weighted by Gasteiger charge is 2.07. The molecular formula is C12H19NO2. The lowest BCUT2D eigenvalue weighted by atomic mass is 10.2. The number of hydrogen-bond donors (Lipinski definition) is 2. The van der Waals surface area contributed by atoms with Gasteiger partial charge in [0.1, 0.15) is 0 Å². The van der Waals surface area contributed by atoms with E-state index >= 15 is 0 Å². The van der Waals surface area contributed by atoms with E-state index in [9.17, 15) is 5.11 Å². The molecule has 2 N–H and O–H groups in total. The van der Waals surface area contributed by atoms with Crippen molar-refractivity contribution in [1.29, 1.82) is 0 Å². The highest BCUT2D eigenvalue weighted by Crippen LogP contribution is 2.03. The summed E-state index contributed by atoms with van der Waals surface area (Å²) < 4.78 is 0. The SMILES string of the molecule is CN(Cc1ccccc1)CC(O)CCO. The molecule has 0 radical (unpaired) electrons. The van der Waals surface area contributed by atoms with Crippen LogP contribution < -0.4 is 0 Å². The molecule has 1 aromatic rings. The van der Waals surface area contributed by atoms with E-state index in [1.165, 1.54) is 5.56 Å². The van der Waals surface area contributed by atoms with Gasteiger partial charge < -0.3 is 10.2 Å². The van der Waals surface area contributed by atoms with Crippen molar-refractivity contribution >= 4 is 0 Å². The summed E-state index contributed by atoms with van der Waals surface area (Å²) in [5.74, 6) is 0. The number of aliphatic hydroxyl groups excluding tert-OH is 2. The van der Waals surface area contributed by atoms with Crippen LogP contribution in [0.1, 0.15) is 12.0 Å². The number of aliphatic hydroxyl groups is 2. The largest absolute Gasteiger partial charge is 0.396 e. The van der Waals surface area contributed by atoms with Crippen LogP contribution in [0, 0.1) is 0 Å². The van der Waals surface area contributed by atoms with Crippen molar-refractivity contribution in [3.05, 3.63) is 35.9 Å². The van der Waals surface area contributed by atoms with Crippen LogP contribution in [0.5, 0.6) is 0 Å². The fraction of sp³-hybridized carbons (Fsp3) is 0.500. The zero-order chi connectivity index (χ0) is 11.1. The van der Waals surface area contributed by atoms with Crippen LogP contribution >= 0.6 is 0 Å². The van der Waals surface area contributed by atoms with E-state index < -0.39 is 6.10 Å². The van der Waals surface area contributed by atoms with Crippen LogP contribution in [0.25, 0.3) is 0 Å². The highest BCUT2D eigenvalue weighted by atomic mass is 16.3. The maximum atomic E-state index is 9.50. The van der Waals surface area contributed by atoms with Gasteiger partial charge in [0, 0.05) is 19.7 Å². The topological polar surface area (TPSA) is 43.7 Å². The molecule has 0 aliphatic carbocycles. The Kier molecular flexibility index (Phi) is 5.32. The normalized spacial score (nSPS) is 13.1. The Morgan fingerprint density at radius 3 is 2.53 bits per heavy atom. The molecule has 0 amide bonds. The summed E-state index contributed by atoms with van der Waals surface area (Å²) in [5, 5.41) is 18.2. The van der Waals surface area contributed by atoms with Gasteiger partial charge >= 0.3 is 0 Å². The molecule has 1 aromatic carbocycles. The van der Waals surface area contributed by atoms with E-state index in [1.807, 2.05) is 25.2 Å². The Bertz CT molecular complexity index is 264. The minimum atomic E-state index is -0.441. The van der Waals surface area contributed by atoms with Crippen molar-refractivity contribution in [3.8, 4) is 0 Å². The lowest BCUT2D eigenvalue weighted by Gasteiger charge is -2.20. The fourth-order valence-electron chi connectivity index (χ4n) is 1.56. The number of rotatable bonds is 6. The molecule has 1 unspecified atom stereocenters. The van der Waals surface area contributed by atoms with E-state index in [-0.39, 0.29) is 6.61 Å². The molecule has 1 atom stereocenters. The molecule has 3 nitrogen and oxygen atoms in total. The average Bonchev–Trinajstić information content (AvgIpc) is 2.19. The van der Waals surface area contributed by atoms with Gasteiger partial charge in [-0.1, -0.05) is 30.3 Å². The maximum Gasteiger partial charge on any atom is 0.0689 e. The first-order valence-corrected chi connectivity index (χ1v) is 5.23. The van der Waals surface area contributed by atoms with Crippen molar-refractivity contribution in [3.63, 3.8) is 0 Å². The van der Waals surface area contributed by atoms with Gasteiger partial charge in [-0.2, -0.15) is 0 Å². The van der Waals surface area contributed by atoms with Crippen molar-refractivity contribution in [2.75, 3.05) is 20.2 Å². The van der Waals surface area contributed by atoms with E-state index in [0.29, 0.717) is 13.0 Å². The number of hydrogen-bond acceptors (Lipinski definition) is 3. The Hall–Kier alpha value is -0.900. The molecule has 0 spiro atoms. The molecule has 3 heteroatoms. The monoisotopic (exact) mass is 209 g/mol. The molecule has 0 aromatic heterocycles. The average molecular weight is 209 g/mol. The highest BCUT2D eigenvalue weighted by molar-refractivity contribution is 5.14. The second-order valence-electron chi connectivity index (χ2n) is 3.85. The molecule has 0 heterocycles. The first-order valence-electron chi connectivity index (χ1n) is 5.23. The second-order valence-corrected chi connectivity index (χ2v) is 3.85. The summed E-state index contributed by atoms with van der Waals surface area (Å²) in [5.41, 5.74) is 1.23. The fourth-order valence-corrected chi connectivity index (χ4v) is 1.56. The van der Waals surface area contributed by atoms with Gasteiger partial charge in [-0.15, -0.1) is 0 Å². The quantitative estimate of drug-likeness (QED) is 0.730. The van der Waals surface area contributed by atoms with Crippen molar-refractivity contribution in [1.82, 2.24) is 4.90 Å². The van der Waals surface area contributed by atoms with Gasteiger partial charge in [0.2, 0.25) is 0 Å². The Balaban J connectivity index is 2.33. The summed E-state index contributed by atoms with van der Waals surface area (Å²) in [4.78, 5) is 2.05. The molecule has 0 fully saturated rings. The Morgan fingerprint density at radius 2 is 1.93 bits per heavy atom. The third kappa shape index (κ3) is 4.93. The van der Waals surface area contributed by atoms with E-state index in [1.54, 1.807) is 0 Å². The molecule has 0 saturated carbocycles. The van der Waals surface area contributed by atoms with Gasteiger partial charge in [0.15, 0.2) is 0 Å². The van der Waals surface area contributed by atoms with E-state index in [4.69, 9.17) is 5.11 Å². The summed E-state index contributed by atoms with van der Waals surface area (Å²) in [7, 11) is 1.97. The van der Waals surface area contributed by atoms with Crippen LogP contribution in [0.3, 0.4) is 0 Å². The van der Waals surface area contributed by atoms with E-state index in [0.717, 1.165) is 6.54 Å². The van der Waals surface area contributed by atoms with Gasteiger partial charge in [-0.25, -0.2) is 0 Å². The lowest BCUT2D eigenvalue weighted by molar-refractivity contribution is 0.0951. The lowest BCUT2D eigenvalue weighted by Crippen LogP contribution is -2.29. The van der Waals surface area contributed by atoms with Gasteiger partial charge in [0.05, 0.1) is 6.10 Å². The second kappa shape index (κ2) is 6.56. The third-order valence-corrected chi connectivity index (χ3v) is 2.28. The van der Waals surface area contributed by atoms with Crippen LogP contribution in [0.4, 0.5) is 0 Å². The molecule has 15 heavy (non-hydrogen) atoms. The third-order valence-electron chi connectivity index (χ3n) is 2.28. The maximum absolute atomic E-state index is 9.50. The number of likely N-dealkylation sites (N-methyl/N-ethyl adjacent to an activating group) is 1. The minimum Gasteiger partial charge on any atom is -0.396 e. The van der Waals surface area contributed by atoms with Gasteiger partial charge in [-0.3, -0.25) is 4.90 Å². The van der Waals surface area contributed by atoms with Crippen LogP contribution in [0.15, 0.2) is 30.3 Å². The number of benzene rings is 1. The van der Waals surface area contributed by atoms with Gasteiger partial charge in [-0.05, 0) is 19.0 Å². The van der Waals surface area contributed by atoms with E-state index in [2.05, 4.69) is 17.0 Å². The van der Waals surface area contributed by atoms with Crippen LogP contribution in [0.2, 0.25) is 0 Å². The Morgan fingerprint density at radius 1 is 1.27 bits per heavy atom. The van der Waals surface area contributed by atoms with Crippen molar-refractivity contribution in [2.45, 2.75) is 19.1 Å². The molecule has 1 rings (SSSR count). The summed E-state index contributed by atoms with van der Waals surface area (Å²) in [6.07, 6.45) is 0.00257. The number of nitrogens with zero attached hydrogens (tertiary/aromatic N) is 1. The summed E-state index contributed by atoms with van der Waals surface area (Å²) in [6, 6.07) is 10.1. The predicted octanol–water partition coefficient (Wildman–Crippen LogP) is 0.862. The standard InChI is InChI=1S/C12H19NO2/c1-13(10-12(15)7-8-14)9-11-5-3-2-4-6-11/h2-6,12,14-15H,7-10H2,1H3. The van der Waals surface area contributed by atoms with Crippen molar-refractivity contribution < 1.29 is 10.2 Å². The van der Waals surface area contributed by atoms with Gasteiger partial charge in [0.25, 0.3) is 0 Å². The predicted molar refractivity (Wildman–Crippen MR) is 60.5 cm³/mol. The molecule has 0 aliphatic heterocycles. The molecule has 0 bridgehead atoms. The summed E-state index contributed by atoms with van der Waals surface area (Å²) >= 11 is 0. The summed E-state index contributed by atoms with van der Waals surface area (Å²) in [6.45, 7) is 1.46. The minimum absolute atomic E-state index is 0.0420. The zero-order valence-electron chi connectivity index (χ0n) is 9.13. The van der Waals surface area contributed by atoms with Crippen LogP contribution in [-0.4, -0.2) is 41.4 Å². The molecular weight excluding hydrogens is 190 g/mol. The molecule has 84 valence electrons. The molecule has 0 aliphatic rings. The zero-order valence-corrected chi connectivity index (χ0v) is 9.13. The first kappa shape index (κ1) is 12.2. The van der Waals surface area contributed by atoms with Crippen LogP contribution in [-0.2, 0) is 6.54 Å². The van der Waals surface area contributed by atoms with Crippen molar-refractivity contribution in [2.24, 2.45) is 0 Å². The smallest absolute Gasteiger partial charge is 0.0689 e. The molecule has 0 saturated heterocycles. The first-order chi connectivity index (χ1) is 7.22. The Labute approximate surface area is 91.0 Å².